The van der Waals surface area contributed by atoms with Crippen molar-refractivity contribution in [3.05, 3.63) is 63.5 Å². The van der Waals surface area contributed by atoms with E-state index in [2.05, 4.69) is 10.5 Å². The molecule has 3 N–H and O–H groups in total. The third-order valence-electron chi connectivity index (χ3n) is 4.63. The van der Waals surface area contributed by atoms with Gasteiger partial charge in [0.05, 0.1) is 25.3 Å². The summed E-state index contributed by atoms with van der Waals surface area (Å²) < 4.78 is 15.5. The van der Waals surface area contributed by atoms with Crippen molar-refractivity contribution in [1.82, 2.24) is 5.43 Å². The van der Waals surface area contributed by atoms with Crippen LogP contribution in [0.3, 0.4) is 0 Å². The van der Waals surface area contributed by atoms with Crippen LogP contribution in [0.4, 0.5) is 0 Å². The summed E-state index contributed by atoms with van der Waals surface area (Å²) in [6.45, 7) is 1.38. The van der Waals surface area contributed by atoms with E-state index in [9.17, 15) is 25.1 Å². The van der Waals surface area contributed by atoms with Crippen LogP contribution in [0.1, 0.15) is 18.1 Å². The zero-order valence-corrected chi connectivity index (χ0v) is 17.9. The quantitative estimate of drug-likeness (QED) is 0.171. The van der Waals surface area contributed by atoms with Crippen LogP contribution in [-0.2, 0) is 4.79 Å². The Hall–Kier alpha value is -4.78. The maximum absolute atomic E-state index is 12.5. The van der Waals surface area contributed by atoms with Crippen LogP contribution < -0.4 is 20.5 Å². The molecule has 3 rings (SSSR count). The monoisotopic (exact) mass is 449 g/mol. The smallest absolute Gasteiger partial charge is 0.349 e. The molecule has 1 aromatic heterocycles. The van der Waals surface area contributed by atoms with Crippen LogP contribution in [0.2, 0.25) is 0 Å². The second kappa shape index (κ2) is 9.57. The number of carbonyl (C=O) groups excluding carboxylic acids is 1. The molecule has 168 valence electrons. The van der Waals surface area contributed by atoms with E-state index in [1.807, 2.05) is 0 Å². The van der Waals surface area contributed by atoms with Crippen LogP contribution >= 0.6 is 0 Å². The lowest BCUT2D eigenvalue weighted by Crippen LogP contribution is -2.22. The molecule has 1 heterocycles. The number of nitrogens with one attached hydrogen (secondary N) is 1. The number of fused-ring (bicyclic) bond motifs is 1. The van der Waals surface area contributed by atoms with E-state index in [4.69, 9.17) is 13.9 Å². The minimum Gasteiger partial charge on any atom is -0.508 e. The highest BCUT2D eigenvalue weighted by Gasteiger charge is 2.18. The first-order valence-corrected chi connectivity index (χ1v) is 9.46. The van der Waals surface area contributed by atoms with Crippen molar-refractivity contribution in [1.29, 1.82) is 5.26 Å². The largest absolute Gasteiger partial charge is 0.508 e. The molecule has 0 atom stereocenters. The molecule has 0 spiro atoms. The zero-order chi connectivity index (χ0) is 24.1. The SMILES string of the molecule is COc1ccc(/C=C(\C#N)C(=O)N/N=C(\C)c2c(O)c3ccc(O)cc3oc2=O)cc1OC. The van der Waals surface area contributed by atoms with Crippen LogP contribution in [0.25, 0.3) is 17.0 Å². The molecule has 2 aromatic carbocycles. The number of hydrogen-bond acceptors (Lipinski definition) is 9. The lowest BCUT2D eigenvalue weighted by atomic mass is 10.1. The fourth-order valence-corrected chi connectivity index (χ4v) is 3.00. The van der Waals surface area contributed by atoms with Gasteiger partial charge in [-0.25, -0.2) is 10.2 Å². The minimum atomic E-state index is -0.914. The summed E-state index contributed by atoms with van der Waals surface area (Å²) >= 11 is 0. The first-order valence-electron chi connectivity index (χ1n) is 9.46. The molecule has 0 bridgehead atoms. The third-order valence-corrected chi connectivity index (χ3v) is 4.63. The van der Waals surface area contributed by atoms with Gasteiger partial charge in [0.1, 0.15) is 34.3 Å². The van der Waals surface area contributed by atoms with E-state index >= 15 is 0 Å². The number of aromatic hydroxyl groups is 2. The summed E-state index contributed by atoms with van der Waals surface area (Å²) in [5, 5.41) is 33.4. The number of amides is 1. The molecule has 10 nitrogen and oxygen atoms in total. The lowest BCUT2D eigenvalue weighted by Gasteiger charge is -2.08. The van der Waals surface area contributed by atoms with Gasteiger partial charge >= 0.3 is 5.63 Å². The molecule has 0 fully saturated rings. The number of rotatable bonds is 6. The van der Waals surface area contributed by atoms with Crippen molar-refractivity contribution >= 4 is 28.7 Å². The van der Waals surface area contributed by atoms with Gasteiger partial charge in [-0.2, -0.15) is 10.4 Å². The van der Waals surface area contributed by atoms with Gasteiger partial charge < -0.3 is 24.1 Å². The van der Waals surface area contributed by atoms with E-state index in [0.717, 1.165) is 0 Å². The average molecular weight is 449 g/mol. The standard InChI is InChI=1S/C23H19N3O7/c1-12(20-21(28)16-6-5-15(27)10-18(16)33-23(20)30)25-26-22(29)14(11-24)8-13-4-7-17(31-2)19(9-13)32-3/h4-10,27-28H,1-3H3,(H,26,29)/b14-8+,25-12+. The summed E-state index contributed by atoms with van der Waals surface area (Å²) in [4.78, 5) is 24.8. The number of hydrazone groups is 1. The Bertz CT molecular complexity index is 1400. The van der Waals surface area contributed by atoms with Crippen molar-refractivity contribution < 1.29 is 28.9 Å². The van der Waals surface area contributed by atoms with Gasteiger partial charge in [-0.15, -0.1) is 0 Å². The number of carbonyl (C=O) groups is 1. The van der Waals surface area contributed by atoms with Gasteiger partial charge in [0.2, 0.25) is 0 Å². The summed E-state index contributed by atoms with van der Waals surface area (Å²) in [7, 11) is 2.95. The first kappa shape index (κ1) is 22.9. The lowest BCUT2D eigenvalue weighted by molar-refractivity contribution is -0.117. The predicted octanol–water partition coefficient (Wildman–Crippen LogP) is 2.67. The molecule has 0 aliphatic rings. The highest BCUT2D eigenvalue weighted by atomic mass is 16.5. The molecule has 1 amide bonds. The van der Waals surface area contributed by atoms with Crippen LogP contribution in [0.15, 0.2) is 56.3 Å². The Morgan fingerprint density at radius 2 is 1.88 bits per heavy atom. The van der Waals surface area contributed by atoms with Gasteiger partial charge in [0.15, 0.2) is 11.5 Å². The second-order valence-electron chi connectivity index (χ2n) is 6.72. The van der Waals surface area contributed by atoms with Crippen molar-refractivity contribution in [3.8, 4) is 29.1 Å². The normalized spacial score (nSPS) is 11.7. The van der Waals surface area contributed by atoms with Gasteiger partial charge in [-0.3, -0.25) is 4.79 Å². The number of nitrogens with zero attached hydrogens (tertiary/aromatic N) is 2. The number of ether oxygens (including phenoxy) is 2. The van der Waals surface area contributed by atoms with Gasteiger partial charge in [-0.1, -0.05) is 6.07 Å². The number of phenols is 1. The van der Waals surface area contributed by atoms with Crippen LogP contribution in [0.5, 0.6) is 23.0 Å². The molecular weight excluding hydrogens is 430 g/mol. The molecule has 0 saturated carbocycles. The Kier molecular flexibility index (Phi) is 6.64. The molecule has 0 aliphatic carbocycles. The Morgan fingerprint density at radius 1 is 1.15 bits per heavy atom. The fraction of sp³-hybridized carbons (Fsp3) is 0.130. The maximum atomic E-state index is 12.5. The first-order chi connectivity index (χ1) is 15.8. The van der Waals surface area contributed by atoms with E-state index in [0.29, 0.717) is 17.1 Å². The predicted molar refractivity (Wildman–Crippen MR) is 119 cm³/mol. The van der Waals surface area contributed by atoms with Gasteiger partial charge in [0.25, 0.3) is 5.91 Å². The summed E-state index contributed by atoms with van der Waals surface area (Å²) in [5.41, 5.74) is 1.19. The number of hydrogen-bond donors (Lipinski definition) is 3. The third kappa shape index (κ3) is 4.77. The van der Waals surface area contributed by atoms with Crippen molar-refractivity contribution in [2.24, 2.45) is 5.10 Å². The topological polar surface area (TPSA) is 154 Å². The number of phenolic OH excluding ortho intramolecular Hbond substituents is 1. The summed E-state index contributed by atoms with van der Waals surface area (Å²) in [5.74, 6) is -0.480. The molecule has 3 aromatic rings. The number of methoxy groups -OCH3 is 2. The summed E-state index contributed by atoms with van der Waals surface area (Å²) in [6.07, 6.45) is 1.33. The van der Waals surface area contributed by atoms with Gasteiger partial charge in [0, 0.05) is 6.07 Å². The highest BCUT2D eigenvalue weighted by Crippen LogP contribution is 2.30. The molecular formula is C23H19N3O7. The maximum Gasteiger partial charge on any atom is 0.349 e. The fourth-order valence-electron chi connectivity index (χ4n) is 3.00. The van der Waals surface area contributed by atoms with Gasteiger partial charge in [-0.05, 0) is 42.8 Å². The zero-order valence-electron chi connectivity index (χ0n) is 17.9. The Morgan fingerprint density at radius 3 is 2.55 bits per heavy atom. The molecule has 0 unspecified atom stereocenters. The second-order valence-corrected chi connectivity index (χ2v) is 6.72. The molecule has 0 radical (unpaired) electrons. The van der Waals surface area contributed by atoms with Crippen molar-refractivity contribution in [2.45, 2.75) is 6.92 Å². The number of benzene rings is 2. The van der Waals surface area contributed by atoms with E-state index in [1.165, 1.54) is 45.4 Å². The van der Waals surface area contributed by atoms with E-state index in [-0.39, 0.29) is 33.6 Å². The van der Waals surface area contributed by atoms with Crippen LogP contribution in [0, 0.1) is 11.3 Å². The van der Waals surface area contributed by atoms with Crippen LogP contribution in [-0.4, -0.2) is 36.1 Å². The van der Waals surface area contributed by atoms with E-state index in [1.54, 1.807) is 24.3 Å². The molecule has 0 saturated heterocycles. The Labute approximate surface area is 187 Å². The highest BCUT2D eigenvalue weighted by molar-refractivity contribution is 6.06. The average Bonchev–Trinajstić information content (AvgIpc) is 2.80. The molecule has 0 aliphatic heterocycles. The van der Waals surface area contributed by atoms with Crippen molar-refractivity contribution in [3.63, 3.8) is 0 Å². The number of nitriles is 1. The minimum absolute atomic E-state index is 0.0114. The Balaban J connectivity index is 1.89. The molecule has 10 heteroatoms. The van der Waals surface area contributed by atoms with E-state index < -0.39 is 17.3 Å². The summed E-state index contributed by atoms with van der Waals surface area (Å²) in [6, 6.07) is 10.5. The van der Waals surface area contributed by atoms with Crippen molar-refractivity contribution in [2.75, 3.05) is 14.2 Å². The molecule has 33 heavy (non-hydrogen) atoms.